The minimum Gasteiger partial charge on any atom is -0.481 e. The maximum atomic E-state index is 12.0. The van der Waals surface area contributed by atoms with Crippen molar-refractivity contribution in [3.05, 3.63) is 60.8 Å². The SMILES string of the molecule is CC/C=C\C/C=C\C/C=C\C/C=C\C/C=C\CCCCCC(=O)OC(CCCCC)CC(=O)O. The molecule has 0 aromatic heterocycles. The highest BCUT2D eigenvalue weighted by Crippen LogP contribution is 2.13. The van der Waals surface area contributed by atoms with E-state index in [0.29, 0.717) is 12.8 Å². The maximum Gasteiger partial charge on any atom is 0.307 e. The summed E-state index contributed by atoms with van der Waals surface area (Å²) in [6, 6.07) is 0. The number of rotatable bonds is 22. The third-order valence-corrected chi connectivity index (χ3v) is 5.24. The van der Waals surface area contributed by atoms with E-state index in [1.165, 1.54) is 0 Å². The van der Waals surface area contributed by atoms with Crippen molar-refractivity contribution in [1.82, 2.24) is 0 Å². The zero-order valence-corrected chi connectivity index (χ0v) is 21.6. The first-order valence-corrected chi connectivity index (χ1v) is 13.3. The van der Waals surface area contributed by atoms with Crippen molar-refractivity contribution < 1.29 is 19.4 Å². The van der Waals surface area contributed by atoms with Gasteiger partial charge in [0.15, 0.2) is 0 Å². The van der Waals surface area contributed by atoms with Crippen LogP contribution in [0.5, 0.6) is 0 Å². The lowest BCUT2D eigenvalue weighted by Gasteiger charge is -2.16. The molecule has 1 atom stereocenters. The van der Waals surface area contributed by atoms with Crippen molar-refractivity contribution in [2.45, 2.75) is 116 Å². The summed E-state index contributed by atoms with van der Waals surface area (Å²) in [5.74, 6) is -1.18. The Balaban J connectivity index is 3.73. The van der Waals surface area contributed by atoms with Crippen molar-refractivity contribution in [2.24, 2.45) is 0 Å². The summed E-state index contributed by atoms with van der Waals surface area (Å²) in [4.78, 5) is 23.0. The fourth-order valence-electron chi connectivity index (χ4n) is 3.34. The van der Waals surface area contributed by atoms with Gasteiger partial charge in [-0.15, -0.1) is 0 Å². The first-order chi connectivity index (χ1) is 16.6. The van der Waals surface area contributed by atoms with Crippen LogP contribution in [0, 0.1) is 0 Å². The predicted octanol–water partition coefficient (Wildman–Crippen LogP) is 8.66. The van der Waals surface area contributed by atoms with E-state index in [1.54, 1.807) is 0 Å². The Morgan fingerprint density at radius 1 is 0.706 bits per heavy atom. The minimum atomic E-state index is -0.911. The number of hydrogen-bond donors (Lipinski definition) is 1. The molecule has 1 N–H and O–H groups in total. The molecular weight excluding hydrogens is 424 g/mol. The van der Waals surface area contributed by atoms with Crippen molar-refractivity contribution in [3.8, 4) is 0 Å². The van der Waals surface area contributed by atoms with E-state index in [-0.39, 0.29) is 12.4 Å². The average molecular weight is 473 g/mol. The molecule has 0 saturated carbocycles. The van der Waals surface area contributed by atoms with Crippen LogP contribution in [0.4, 0.5) is 0 Å². The Bertz CT molecular complexity index is 640. The van der Waals surface area contributed by atoms with Crippen LogP contribution >= 0.6 is 0 Å². The number of hydrogen-bond acceptors (Lipinski definition) is 3. The highest BCUT2D eigenvalue weighted by molar-refractivity contribution is 5.71. The summed E-state index contributed by atoms with van der Waals surface area (Å²) in [5.41, 5.74) is 0. The molecule has 0 heterocycles. The average Bonchev–Trinajstić information content (AvgIpc) is 2.80. The molecule has 0 spiro atoms. The Morgan fingerprint density at radius 2 is 1.26 bits per heavy atom. The van der Waals surface area contributed by atoms with Crippen molar-refractivity contribution >= 4 is 11.9 Å². The highest BCUT2D eigenvalue weighted by atomic mass is 16.5. The maximum absolute atomic E-state index is 12.0. The van der Waals surface area contributed by atoms with Gasteiger partial charge in [-0.3, -0.25) is 9.59 Å². The lowest BCUT2D eigenvalue weighted by molar-refractivity contribution is -0.153. The summed E-state index contributed by atoms with van der Waals surface area (Å²) < 4.78 is 5.39. The first-order valence-electron chi connectivity index (χ1n) is 13.3. The van der Waals surface area contributed by atoms with Gasteiger partial charge in [-0.05, 0) is 64.2 Å². The molecular formula is C30H48O4. The summed E-state index contributed by atoms with van der Waals surface area (Å²) >= 11 is 0. The van der Waals surface area contributed by atoms with E-state index >= 15 is 0 Å². The lowest BCUT2D eigenvalue weighted by atomic mass is 10.1. The molecule has 0 bridgehead atoms. The predicted molar refractivity (Wildman–Crippen MR) is 144 cm³/mol. The second-order valence-corrected chi connectivity index (χ2v) is 8.51. The van der Waals surface area contributed by atoms with E-state index < -0.39 is 12.1 Å². The number of carbonyl (C=O) groups is 2. The molecule has 0 aliphatic carbocycles. The van der Waals surface area contributed by atoms with Gasteiger partial charge in [0.1, 0.15) is 6.10 Å². The molecule has 4 heteroatoms. The van der Waals surface area contributed by atoms with Gasteiger partial charge >= 0.3 is 11.9 Å². The van der Waals surface area contributed by atoms with Gasteiger partial charge in [0.2, 0.25) is 0 Å². The molecule has 0 saturated heterocycles. The number of carbonyl (C=O) groups excluding carboxylic acids is 1. The number of allylic oxidation sites excluding steroid dienone is 10. The van der Waals surface area contributed by atoms with Gasteiger partial charge in [-0.25, -0.2) is 0 Å². The van der Waals surface area contributed by atoms with Gasteiger partial charge in [-0.1, -0.05) is 93.9 Å². The topological polar surface area (TPSA) is 63.6 Å². The Labute approximate surface area is 208 Å². The standard InChI is InChI=1S/C30H48O4/c1-3-5-7-8-9-10-11-12-13-14-15-16-17-18-19-20-21-22-24-26-30(33)34-28(27-29(31)32)25-23-6-4-2/h5,7,9-10,12-13,15-16,18-19,28H,3-4,6,8,11,14,17,20-27H2,1-2H3,(H,31,32)/b7-5-,10-9-,13-12-,16-15-,19-18-. The van der Waals surface area contributed by atoms with Crippen LogP contribution < -0.4 is 0 Å². The quantitative estimate of drug-likeness (QED) is 0.0972. The van der Waals surface area contributed by atoms with Gasteiger partial charge in [0, 0.05) is 6.42 Å². The number of ether oxygens (including phenoxy) is 1. The Hall–Kier alpha value is -2.36. The highest BCUT2D eigenvalue weighted by Gasteiger charge is 2.17. The van der Waals surface area contributed by atoms with Gasteiger partial charge in [-0.2, -0.15) is 0 Å². The summed E-state index contributed by atoms with van der Waals surface area (Å²) in [6.07, 6.45) is 34.3. The third kappa shape index (κ3) is 24.3. The fraction of sp³-hybridized carbons (Fsp3) is 0.600. The fourth-order valence-corrected chi connectivity index (χ4v) is 3.34. The molecule has 0 aromatic carbocycles. The van der Waals surface area contributed by atoms with Gasteiger partial charge in [0.25, 0.3) is 0 Å². The number of aliphatic carboxylic acids is 1. The number of carboxylic acid groups (broad SMARTS) is 1. The first kappa shape index (κ1) is 31.6. The van der Waals surface area contributed by atoms with Gasteiger partial charge < -0.3 is 9.84 Å². The second-order valence-electron chi connectivity index (χ2n) is 8.51. The molecule has 0 aliphatic rings. The van der Waals surface area contributed by atoms with Crippen molar-refractivity contribution in [1.29, 1.82) is 0 Å². The normalized spacial score (nSPS) is 13.2. The smallest absolute Gasteiger partial charge is 0.307 e. The van der Waals surface area contributed by atoms with Crippen LogP contribution in [0.15, 0.2) is 60.8 Å². The van der Waals surface area contributed by atoms with Crippen LogP contribution in [-0.4, -0.2) is 23.1 Å². The molecule has 1 unspecified atom stereocenters. The van der Waals surface area contributed by atoms with Crippen LogP contribution in [0.2, 0.25) is 0 Å². The molecule has 34 heavy (non-hydrogen) atoms. The summed E-state index contributed by atoms with van der Waals surface area (Å²) in [5, 5.41) is 8.99. The third-order valence-electron chi connectivity index (χ3n) is 5.24. The number of unbranched alkanes of at least 4 members (excludes halogenated alkanes) is 5. The minimum absolute atomic E-state index is 0.0977. The number of carboxylic acids is 1. The van der Waals surface area contributed by atoms with Crippen LogP contribution in [-0.2, 0) is 14.3 Å². The summed E-state index contributed by atoms with van der Waals surface area (Å²) in [7, 11) is 0. The monoisotopic (exact) mass is 472 g/mol. The van der Waals surface area contributed by atoms with Crippen molar-refractivity contribution in [3.63, 3.8) is 0 Å². The van der Waals surface area contributed by atoms with E-state index in [0.717, 1.165) is 77.0 Å². The Morgan fingerprint density at radius 3 is 1.79 bits per heavy atom. The largest absolute Gasteiger partial charge is 0.481 e. The van der Waals surface area contributed by atoms with E-state index in [2.05, 4.69) is 74.6 Å². The van der Waals surface area contributed by atoms with Crippen molar-refractivity contribution in [2.75, 3.05) is 0 Å². The van der Waals surface area contributed by atoms with E-state index in [1.807, 2.05) is 0 Å². The second kappa shape index (κ2) is 25.3. The molecule has 0 aliphatic heterocycles. The Kier molecular flexibility index (Phi) is 23.5. The van der Waals surface area contributed by atoms with Crippen LogP contribution in [0.1, 0.15) is 110 Å². The molecule has 0 rings (SSSR count). The molecule has 0 amide bonds. The zero-order valence-electron chi connectivity index (χ0n) is 21.6. The molecule has 0 radical (unpaired) electrons. The molecule has 0 aromatic rings. The zero-order chi connectivity index (χ0) is 25.1. The summed E-state index contributed by atoms with van der Waals surface area (Å²) in [6.45, 7) is 4.24. The van der Waals surface area contributed by atoms with Gasteiger partial charge in [0.05, 0.1) is 6.42 Å². The van der Waals surface area contributed by atoms with Crippen LogP contribution in [0.25, 0.3) is 0 Å². The molecule has 192 valence electrons. The van der Waals surface area contributed by atoms with E-state index in [4.69, 9.17) is 9.84 Å². The molecule has 4 nitrogen and oxygen atoms in total. The van der Waals surface area contributed by atoms with E-state index in [9.17, 15) is 9.59 Å². The lowest BCUT2D eigenvalue weighted by Crippen LogP contribution is -2.21. The van der Waals surface area contributed by atoms with Crippen LogP contribution in [0.3, 0.4) is 0 Å². The number of esters is 1. The molecule has 0 fully saturated rings.